The molecule has 1 unspecified atom stereocenters. The first kappa shape index (κ1) is 12.7. The van der Waals surface area contributed by atoms with Crippen LogP contribution in [0.4, 0.5) is 0 Å². The van der Waals surface area contributed by atoms with Crippen molar-refractivity contribution in [2.24, 2.45) is 0 Å². The Hall–Kier alpha value is -1.39. The van der Waals surface area contributed by atoms with Crippen LogP contribution in [0.5, 0.6) is 0 Å². The second kappa shape index (κ2) is 5.63. The zero-order valence-electron chi connectivity index (χ0n) is 9.55. The highest BCUT2D eigenvalue weighted by Crippen LogP contribution is 2.08. The molecule has 0 saturated heterocycles. The van der Waals surface area contributed by atoms with Crippen LogP contribution in [0, 0.1) is 0 Å². The largest absolute Gasteiger partial charge is 0.478 e. The Morgan fingerprint density at radius 1 is 1.38 bits per heavy atom. The Morgan fingerprint density at radius 2 is 1.94 bits per heavy atom. The third-order valence-electron chi connectivity index (χ3n) is 2.65. The Kier molecular flexibility index (Phi) is 4.46. The van der Waals surface area contributed by atoms with Gasteiger partial charge in [0.1, 0.15) is 0 Å². The molecule has 16 heavy (non-hydrogen) atoms. The lowest BCUT2D eigenvalue weighted by Crippen LogP contribution is -2.31. The Labute approximate surface area is 95.1 Å². The molecule has 0 aromatic heterocycles. The van der Waals surface area contributed by atoms with Gasteiger partial charge < -0.3 is 10.2 Å². The lowest BCUT2D eigenvalue weighted by Gasteiger charge is -2.22. The minimum Gasteiger partial charge on any atom is -0.478 e. The molecule has 4 nitrogen and oxygen atoms in total. The highest BCUT2D eigenvalue weighted by Gasteiger charge is 2.08. The first-order chi connectivity index (χ1) is 7.54. The van der Waals surface area contributed by atoms with Crippen LogP contribution < -0.4 is 0 Å². The summed E-state index contributed by atoms with van der Waals surface area (Å²) >= 11 is 0. The second-order valence-electron chi connectivity index (χ2n) is 3.95. The van der Waals surface area contributed by atoms with Crippen LogP contribution in [0.15, 0.2) is 24.3 Å². The number of carboxylic acids is 1. The molecule has 2 N–H and O–H groups in total. The molecule has 1 atom stereocenters. The number of aliphatic hydroxyl groups is 1. The summed E-state index contributed by atoms with van der Waals surface area (Å²) in [5.41, 5.74) is 1.33. The molecule has 1 aromatic rings. The summed E-state index contributed by atoms with van der Waals surface area (Å²) in [6.07, 6.45) is 0. The third kappa shape index (κ3) is 3.32. The Morgan fingerprint density at radius 3 is 2.38 bits per heavy atom. The number of nitrogens with zero attached hydrogens (tertiary/aromatic N) is 1. The standard InChI is InChI=1S/C12H17NO3/c1-9(8-14)13(2)7-10-3-5-11(6-4-10)12(15)16/h3-6,9,14H,7-8H2,1-2H3,(H,15,16). The summed E-state index contributed by atoms with van der Waals surface area (Å²) in [7, 11) is 1.92. The number of hydrogen-bond acceptors (Lipinski definition) is 3. The van der Waals surface area contributed by atoms with Gasteiger partial charge in [0.05, 0.1) is 12.2 Å². The highest BCUT2D eigenvalue weighted by atomic mass is 16.4. The fourth-order valence-corrected chi connectivity index (χ4v) is 1.34. The van der Waals surface area contributed by atoms with Crippen molar-refractivity contribution in [1.82, 2.24) is 4.90 Å². The van der Waals surface area contributed by atoms with Gasteiger partial charge >= 0.3 is 5.97 Å². The predicted octanol–water partition coefficient (Wildman–Crippen LogP) is 1.20. The van der Waals surface area contributed by atoms with Crippen LogP contribution in [0.25, 0.3) is 0 Å². The zero-order valence-corrected chi connectivity index (χ0v) is 9.55. The molecule has 0 aliphatic rings. The van der Waals surface area contributed by atoms with Crippen LogP contribution in [-0.2, 0) is 6.54 Å². The van der Waals surface area contributed by atoms with Crippen molar-refractivity contribution < 1.29 is 15.0 Å². The van der Waals surface area contributed by atoms with Crippen molar-refractivity contribution in [2.45, 2.75) is 19.5 Å². The molecule has 0 heterocycles. The highest BCUT2D eigenvalue weighted by molar-refractivity contribution is 5.87. The minimum absolute atomic E-state index is 0.0964. The smallest absolute Gasteiger partial charge is 0.335 e. The third-order valence-corrected chi connectivity index (χ3v) is 2.65. The summed E-state index contributed by atoms with van der Waals surface area (Å²) < 4.78 is 0. The number of aromatic carboxylic acids is 1. The van der Waals surface area contributed by atoms with Gasteiger partial charge in [0, 0.05) is 12.6 Å². The molecule has 88 valence electrons. The molecule has 4 heteroatoms. The number of benzene rings is 1. The van der Waals surface area contributed by atoms with Gasteiger partial charge in [-0.15, -0.1) is 0 Å². The first-order valence-corrected chi connectivity index (χ1v) is 5.18. The number of carboxylic acid groups (broad SMARTS) is 1. The fraction of sp³-hybridized carbons (Fsp3) is 0.417. The van der Waals surface area contributed by atoms with Gasteiger partial charge in [-0.3, -0.25) is 4.90 Å². The summed E-state index contributed by atoms with van der Waals surface area (Å²) in [4.78, 5) is 12.7. The number of rotatable bonds is 5. The summed E-state index contributed by atoms with van der Waals surface area (Å²) in [5.74, 6) is -0.913. The second-order valence-corrected chi connectivity index (χ2v) is 3.95. The maximum atomic E-state index is 10.6. The summed E-state index contributed by atoms with van der Waals surface area (Å²) in [6, 6.07) is 6.87. The zero-order chi connectivity index (χ0) is 12.1. The van der Waals surface area contributed by atoms with Gasteiger partial charge in [0.2, 0.25) is 0 Å². The van der Waals surface area contributed by atoms with Crippen LogP contribution in [0.3, 0.4) is 0 Å². The summed E-state index contributed by atoms with van der Waals surface area (Å²) in [6.45, 7) is 2.75. The topological polar surface area (TPSA) is 60.8 Å². The molecule has 0 saturated carbocycles. The van der Waals surface area contributed by atoms with E-state index in [1.165, 1.54) is 0 Å². The van der Waals surface area contributed by atoms with Gasteiger partial charge in [0.15, 0.2) is 0 Å². The molecular formula is C12H17NO3. The molecule has 0 bridgehead atoms. The first-order valence-electron chi connectivity index (χ1n) is 5.18. The van der Waals surface area contributed by atoms with Crippen LogP contribution >= 0.6 is 0 Å². The van der Waals surface area contributed by atoms with Crippen molar-refractivity contribution in [3.05, 3.63) is 35.4 Å². The van der Waals surface area contributed by atoms with E-state index >= 15 is 0 Å². The van der Waals surface area contributed by atoms with Crippen molar-refractivity contribution in [1.29, 1.82) is 0 Å². The van der Waals surface area contributed by atoms with E-state index in [0.29, 0.717) is 12.1 Å². The van der Waals surface area contributed by atoms with Gasteiger partial charge in [-0.25, -0.2) is 4.79 Å². The van der Waals surface area contributed by atoms with E-state index in [4.69, 9.17) is 10.2 Å². The number of hydrogen-bond donors (Lipinski definition) is 2. The Bertz CT molecular complexity index is 348. The average Bonchev–Trinajstić information content (AvgIpc) is 2.28. The van der Waals surface area contributed by atoms with E-state index in [-0.39, 0.29) is 12.6 Å². The number of aliphatic hydroxyl groups excluding tert-OH is 1. The molecule has 0 aliphatic carbocycles. The van der Waals surface area contributed by atoms with Crippen molar-refractivity contribution in [3.8, 4) is 0 Å². The fourth-order valence-electron chi connectivity index (χ4n) is 1.34. The van der Waals surface area contributed by atoms with E-state index in [1.807, 2.05) is 18.9 Å². The quantitative estimate of drug-likeness (QED) is 0.787. The monoisotopic (exact) mass is 223 g/mol. The average molecular weight is 223 g/mol. The maximum absolute atomic E-state index is 10.6. The SMILES string of the molecule is CC(CO)N(C)Cc1ccc(C(=O)O)cc1. The summed E-state index contributed by atoms with van der Waals surface area (Å²) in [5, 5.41) is 17.7. The van der Waals surface area contributed by atoms with Crippen molar-refractivity contribution in [3.63, 3.8) is 0 Å². The predicted molar refractivity (Wildman–Crippen MR) is 61.4 cm³/mol. The molecule has 1 aromatic carbocycles. The maximum Gasteiger partial charge on any atom is 0.335 e. The molecule has 0 aliphatic heterocycles. The molecule has 1 rings (SSSR count). The lowest BCUT2D eigenvalue weighted by atomic mass is 10.1. The lowest BCUT2D eigenvalue weighted by molar-refractivity contribution is 0.0697. The molecule has 0 radical (unpaired) electrons. The van der Waals surface area contributed by atoms with E-state index in [1.54, 1.807) is 24.3 Å². The van der Waals surface area contributed by atoms with E-state index in [2.05, 4.69) is 0 Å². The number of carbonyl (C=O) groups is 1. The van der Waals surface area contributed by atoms with E-state index in [0.717, 1.165) is 5.56 Å². The van der Waals surface area contributed by atoms with Gasteiger partial charge in [-0.05, 0) is 31.7 Å². The van der Waals surface area contributed by atoms with E-state index < -0.39 is 5.97 Å². The minimum atomic E-state index is -0.913. The normalized spacial score (nSPS) is 12.8. The van der Waals surface area contributed by atoms with Crippen LogP contribution in [-0.4, -0.2) is 40.8 Å². The van der Waals surface area contributed by atoms with Crippen molar-refractivity contribution >= 4 is 5.97 Å². The van der Waals surface area contributed by atoms with Crippen molar-refractivity contribution in [2.75, 3.05) is 13.7 Å². The van der Waals surface area contributed by atoms with Gasteiger partial charge in [-0.1, -0.05) is 12.1 Å². The van der Waals surface area contributed by atoms with Gasteiger partial charge in [-0.2, -0.15) is 0 Å². The molecular weight excluding hydrogens is 206 g/mol. The number of likely N-dealkylation sites (N-methyl/N-ethyl adjacent to an activating group) is 1. The molecule has 0 fully saturated rings. The van der Waals surface area contributed by atoms with E-state index in [9.17, 15) is 4.79 Å². The molecule has 0 spiro atoms. The van der Waals surface area contributed by atoms with Crippen LogP contribution in [0.2, 0.25) is 0 Å². The van der Waals surface area contributed by atoms with Gasteiger partial charge in [0.25, 0.3) is 0 Å². The Balaban J connectivity index is 2.65. The molecule has 0 amide bonds. The van der Waals surface area contributed by atoms with Crippen LogP contribution in [0.1, 0.15) is 22.8 Å².